The Morgan fingerprint density at radius 3 is 2.45 bits per heavy atom. The monoisotopic (exact) mass is 302 g/mol. The predicted octanol–water partition coefficient (Wildman–Crippen LogP) is 2.18. The summed E-state index contributed by atoms with van der Waals surface area (Å²) in [6.07, 6.45) is 0. The Bertz CT molecular complexity index is 781. The summed E-state index contributed by atoms with van der Waals surface area (Å²) in [6, 6.07) is 5.03. The van der Waals surface area contributed by atoms with Crippen molar-refractivity contribution in [2.45, 2.75) is 12.8 Å². The lowest BCUT2D eigenvalue weighted by Crippen LogP contribution is -2.26. The van der Waals surface area contributed by atoms with Crippen LogP contribution in [-0.2, 0) is 0 Å². The largest absolute Gasteiger partial charge is 0.508 e. The molecule has 0 saturated carbocycles. The van der Waals surface area contributed by atoms with Gasteiger partial charge in [0.2, 0.25) is 0 Å². The summed E-state index contributed by atoms with van der Waals surface area (Å²) in [7, 11) is 0. The van der Waals surface area contributed by atoms with Crippen LogP contribution >= 0.6 is 0 Å². The van der Waals surface area contributed by atoms with E-state index in [1.807, 2.05) is 0 Å². The summed E-state index contributed by atoms with van der Waals surface area (Å²) < 4.78 is 5.52. The predicted molar refractivity (Wildman–Crippen MR) is 76.8 cm³/mol. The number of rotatable bonds is 1. The molecular weight excluding hydrogens is 288 g/mol. The van der Waals surface area contributed by atoms with Crippen molar-refractivity contribution in [1.29, 1.82) is 0 Å². The fraction of sp³-hybridized carbons (Fsp3) is 0.188. The van der Waals surface area contributed by atoms with Crippen LogP contribution < -0.4 is 4.74 Å². The highest BCUT2D eigenvalue weighted by atomic mass is 16.5. The minimum Gasteiger partial charge on any atom is -0.508 e. The van der Waals surface area contributed by atoms with E-state index in [-0.39, 0.29) is 40.9 Å². The van der Waals surface area contributed by atoms with E-state index in [1.54, 1.807) is 6.92 Å². The van der Waals surface area contributed by atoms with Crippen LogP contribution in [0.2, 0.25) is 0 Å². The first kappa shape index (κ1) is 14.1. The normalized spacial score (nSPS) is 17.0. The van der Waals surface area contributed by atoms with Crippen molar-refractivity contribution in [2.75, 3.05) is 6.61 Å². The Morgan fingerprint density at radius 2 is 1.77 bits per heavy atom. The minimum atomic E-state index is -0.803. The first-order valence-corrected chi connectivity index (χ1v) is 6.64. The van der Waals surface area contributed by atoms with Gasteiger partial charge in [0.25, 0.3) is 0 Å². The second-order valence-electron chi connectivity index (χ2n) is 5.21. The molecule has 0 saturated heterocycles. The molecule has 1 aliphatic heterocycles. The quantitative estimate of drug-likeness (QED) is 0.643. The zero-order valence-electron chi connectivity index (χ0n) is 11.7. The molecule has 6 nitrogen and oxygen atoms in total. The van der Waals surface area contributed by atoms with E-state index in [0.29, 0.717) is 11.1 Å². The zero-order valence-corrected chi connectivity index (χ0v) is 11.7. The van der Waals surface area contributed by atoms with Crippen molar-refractivity contribution in [3.8, 4) is 28.7 Å². The Balaban J connectivity index is 2.10. The lowest BCUT2D eigenvalue weighted by Gasteiger charge is -2.27. The molecule has 1 heterocycles. The molecule has 0 fully saturated rings. The zero-order chi connectivity index (χ0) is 16.0. The lowest BCUT2D eigenvalue weighted by atomic mass is 9.87. The number of fused-ring (bicyclic) bond motifs is 1. The van der Waals surface area contributed by atoms with Crippen LogP contribution in [0.5, 0.6) is 28.7 Å². The van der Waals surface area contributed by atoms with Gasteiger partial charge in [0.1, 0.15) is 40.9 Å². The second kappa shape index (κ2) is 4.84. The standard InChI is InChI=1S/C16H14O6/c1-7-11(18)5-13(20)14-15(21)10(6-22-16(7)14)9-3-2-8(17)4-12(9)19/h2-5,10,17-20H,6H2,1H3. The highest BCUT2D eigenvalue weighted by molar-refractivity contribution is 6.07. The van der Waals surface area contributed by atoms with Crippen molar-refractivity contribution in [2.24, 2.45) is 0 Å². The topological polar surface area (TPSA) is 107 Å². The SMILES string of the molecule is Cc1c(O)cc(O)c2c1OCC(c1ccc(O)cc1O)C2=O. The highest BCUT2D eigenvalue weighted by Crippen LogP contribution is 2.44. The fourth-order valence-electron chi connectivity index (χ4n) is 2.62. The van der Waals surface area contributed by atoms with E-state index in [0.717, 1.165) is 12.1 Å². The van der Waals surface area contributed by atoms with Crippen LogP contribution in [0.25, 0.3) is 0 Å². The highest BCUT2D eigenvalue weighted by Gasteiger charge is 2.35. The van der Waals surface area contributed by atoms with Gasteiger partial charge in [0, 0.05) is 23.3 Å². The lowest BCUT2D eigenvalue weighted by molar-refractivity contribution is 0.0889. The molecule has 0 radical (unpaired) electrons. The van der Waals surface area contributed by atoms with Gasteiger partial charge in [-0.1, -0.05) is 6.07 Å². The number of carbonyl (C=O) groups is 1. The smallest absolute Gasteiger partial charge is 0.181 e. The van der Waals surface area contributed by atoms with Gasteiger partial charge in [-0.3, -0.25) is 4.79 Å². The van der Waals surface area contributed by atoms with Gasteiger partial charge in [0.05, 0.1) is 5.92 Å². The number of carbonyl (C=O) groups excluding carboxylic acids is 1. The number of ketones is 1. The van der Waals surface area contributed by atoms with Gasteiger partial charge >= 0.3 is 0 Å². The second-order valence-corrected chi connectivity index (χ2v) is 5.21. The van der Waals surface area contributed by atoms with Crippen LogP contribution in [0, 0.1) is 6.92 Å². The van der Waals surface area contributed by atoms with Crippen LogP contribution in [0.3, 0.4) is 0 Å². The van der Waals surface area contributed by atoms with E-state index in [9.17, 15) is 25.2 Å². The number of aromatic hydroxyl groups is 4. The summed E-state index contributed by atoms with van der Waals surface area (Å²) >= 11 is 0. The maximum Gasteiger partial charge on any atom is 0.181 e. The van der Waals surface area contributed by atoms with Gasteiger partial charge in [-0.05, 0) is 13.0 Å². The third-order valence-electron chi connectivity index (χ3n) is 3.83. The number of phenols is 4. The molecule has 2 aromatic rings. The molecule has 1 unspecified atom stereocenters. The number of hydrogen-bond acceptors (Lipinski definition) is 6. The first-order valence-electron chi connectivity index (χ1n) is 6.64. The Morgan fingerprint density at radius 1 is 1.05 bits per heavy atom. The minimum absolute atomic E-state index is 0.0148. The molecule has 4 N–H and O–H groups in total. The molecule has 0 amide bonds. The first-order chi connectivity index (χ1) is 10.4. The Labute approximate surface area is 125 Å². The average Bonchev–Trinajstić information content (AvgIpc) is 2.45. The average molecular weight is 302 g/mol. The maximum atomic E-state index is 12.6. The van der Waals surface area contributed by atoms with Gasteiger partial charge < -0.3 is 25.2 Å². The van der Waals surface area contributed by atoms with Crippen LogP contribution in [0.4, 0.5) is 0 Å². The summed E-state index contributed by atoms with van der Waals surface area (Å²) in [6.45, 7) is 1.55. The van der Waals surface area contributed by atoms with Crippen molar-refractivity contribution in [3.05, 3.63) is 41.0 Å². The number of hydrogen-bond donors (Lipinski definition) is 4. The van der Waals surface area contributed by atoms with Crippen molar-refractivity contribution < 1.29 is 30.0 Å². The molecule has 22 heavy (non-hydrogen) atoms. The molecule has 0 aliphatic carbocycles. The number of Topliss-reactive ketones (excluding diaryl/α,β-unsaturated/α-hetero) is 1. The molecular formula is C16H14O6. The molecule has 0 bridgehead atoms. The third kappa shape index (κ3) is 2.00. The molecule has 3 rings (SSSR count). The summed E-state index contributed by atoms with van der Waals surface area (Å²) in [4.78, 5) is 12.6. The van der Waals surface area contributed by atoms with E-state index in [4.69, 9.17) is 4.74 Å². The number of phenolic OH excluding ortho intramolecular Hbond substituents is 4. The Hall–Kier alpha value is -2.89. The number of ether oxygens (including phenoxy) is 1. The van der Waals surface area contributed by atoms with Gasteiger partial charge in [-0.2, -0.15) is 0 Å². The van der Waals surface area contributed by atoms with Crippen LogP contribution in [0.1, 0.15) is 27.4 Å². The van der Waals surface area contributed by atoms with E-state index in [1.165, 1.54) is 12.1 Å². The summed E-state index contributed by atoms with van der Waals surface area (Å²) in [5.74, 6) is -1.93. The van der Waals surface area contributed by atoms with Gasteiger partial charge in [-0.15, -0.1) is 0 Å². The molecule has 0 spiro atoms. The van der Waals surface area contributed by atoms with Gasteiger partial charge in [-0.25, -0.2) is 0 Å². The maximum absolute atomic E-state index is 12.6. The van der Waals surface area contributed by atoms with Crippen LogP contribution in [0.15, 0.2) is 24.3 Å². The fourth-order valence-corrected chi connectivity index (χ4v) is 2.62. The van der Waals surface area contributed by atoms with E-state index < -0.39 is 11.7 Å². The molecule has 114 valence electrons. The van der Waals surface area contributed by atoms with E-state index >= 15 is 0 Å². The van der Waals surface area contributed by atoms with Crippen LogP contribution in [-0.4, -0.2) is 32.8 Å². The number of benzene rings is 2. The summed E-state index contributed by atoms with van der Waals surface area (Å²) in [5.41, 5.74) is 0.659. The molecule has 2 aromatic carbocycles. The van der Waals surface area contributed by atoms with Gasteiger partial charge in [0.15, 0.2) is 5.78 Å². The molecule has 0 aromatic heterocycles. The van der Waals surface area contributed by atoms with Crippen molar-refractivity contribution >= 4 is 5.78 Å². The van der Waals surface area contributed by atoms with Crippen molar-refractivity contribution in [3.63, 3.8) is 0 Å². The van der Waals surface area contributed by atoms with E-state index in [2.05, 4.69) is 0 Å². The Kier molecular flexibility index (Phi) is 3.09. The molecule has 1 aliphatic rings. The third-order valence-corrected chi connectivity index (χ3v) is 3.83. The summed E-state index contributed by atoms with van der Waals surface area (Å²) in [5, 5.41) is 38.9. The van der Waals surface area contributed by atoms with Crippen molar-refractivity contribution in [1.82, 2.24) is 0 Å². The molecule has 6 heteroatoms. The molecule has 1 atom stereocenters.